The molecule has 0 saturated carbocycles. The van der Waals surface area contributed by atoms with Gasteiger partial charge >= 0.3 is 0 Å². The molecule has 0 spiro atoms. The first-order chi connectivity index (χ1) is 10.0. The number of ether oxygens (including phenoxy) is 1. The number of nitrogens with one attached hydrogen (secondary N) is 1. The Bertz CT molecular complexity index is 629. The number of amides is 1. The number of hydrogen-bond donors (Lipinski definition) is 1. The van der Waals surface area contributed by atoms with Gasteiger partial charge in [0.05, 0.1) is 0 Å². The van der Waals surface area contributed by atoms with E-state index in [1.165, 1.54) is 6.07 Å². The van der Waals surface area contributed by atoms with Crippen LogP contribution < -0.4 is 10.1 Å². The quantitative estimate of drug-likeness (QED) is 0.783. The minimum absolute atomic E-state index is 0.0606. The molecule has 5 heteroatoms. The summed E-state index contributed by atoms with van der Waals surface area (Å²) in [6, 6.07) is 12.3. The van der Waals surface area contributed by atoms with Crippen LogP contribution in [0.4, 0.5) is 4.39 Å². The molecular weight excluding hydrogens is 384 g/mol. The monoisotopic (exact) mass is 399 g/mol. The SMILES string of the molecule is Cc1ccc(CNC(=O)COc2ccc(I)cc2)cc1F. The lowest BCUT2D eigenvalue weighted by Gasteiger charge is -2.08. The average molecular weight is 399 g/mol. The third kappa shape index (κ3) is 5.00. The van der Waals surface area contributed by atoms with Gasteiger partial charge in [0, 0.05) is 10.1 Å². The van der Waals surface area contributed by atoms with E-state index in [0.717, 1.165) is 9.13 Å². The van der Waals surface area contributed by atoms with E-state index >= 15 is 0 Å². The molecule has 0 aliphatic heterocycles. The number of benzene rings is 2. The van der Waals surface area contributed by atoms with E-state index < -0.39 is 0 Å². The first-order valence-corrected chi connectivity index (χ1v) is 7.52. The molecule has 0 heterocycles. The molecule has 0 fully saturated rings. The Morgan fingerprint density at radius 3 is 2.62 bits per heavy atom. The highest BCUT2D eigenvalue weighted by molar-refractivity contribution is 14.1. The van der Waals surface area contributed by atoms with Crippen LogP contribution in [0.3, 0.4) is 0 Å². The van der Waals surface area contributed by atoms with Gasteiger partial charge in [-0.25, -0.2) is 4.39 Å². The summed E-state index contributed by atoms with van der Waals surface area (Å²) < 4.78 is 19.8. The molecule has 1 N–H and O–H groups in total. The molecule has 2 aromatic rings. The molecule has 2 rings (SSSR count). The van der Waals surface area contributed by atoms with Crippen molar-refractivity contribution in [1.29, 1.82) is 0 Å². The van der Waals surface area contributed by atoms with Crippen molar-refractivity contribution in [3.8, 4) is 5.75 Å². The largest absolute Gasteiger partial charge is 0.484 e. The van der Waals surface area contributed by atoms with Crippen LogP contribution in [0.5, 0.6) is 5.75 Å². The molecule has 21 heavy (non-hydrogen) atoms. The molecule has 0 atom stereocenters. The predicted molar refractivity (Wildman–Crippen MR) is 87.6 cm³/mol. The molecule has 0 unspecified atom stereocenters. The van der Waals surface area contributed by atoms with Crippen molar-refractivity contribution in [3.63, 3.8) is 0 Å². The standard InChI is InChI=1S/C16H15FINO2/c1-11-2-3-12(8-15(11)17)9-19-16(20)10-21-14-6-4-13(18)5-7-14/h2-8H,9-10H2,1H3,(H,19,20). The summed E-state index contributed by atoms with van der Waals surface area (Å²) in [5, 5.41) is 2.70. The minimum atomic E-state index is -0.267. The molecular formula is C16H15FINO2. The molecule has 2 aromatic carbocycles. The van der Waals surface area contributed by atoms with Crippen molar-refractivity contribution in [2.75, 3.05) is 6.61 Å². The van der Waals surface area contributed by atoms with Crippen molar-refractivity contribution in [1.82, 2.24) is 5.32 Å². The van der Waals surface area contributed by atoms with Crippen LogP contribution in [0.2, 0.25) is 0 Å². The zero-order valence-electron chi connectivity index (χ0n) is 11.5. The van der Waals surface area contributed by atoms with Gasteiger partial charge in [-0.05, 0) is 71.0 Å². The fourth-order valence-electron chi connectivity index (χ4n) is 1.68. The number of carbonyl (C=O) groups is 1. The minimum Gasteiger partial charge on any atom is -0.484 e. The number of carbonyl (C=O) groups excluding carboxylic acids is 1. The van der Waals surface area contributed by atoms with Crippen LogP contribution in [0.15, 0.2) is 42.5 Å². The summed E-state index contributed by atoms with van der Waals surface area (Å²) in [5.41, 5.74) is 1.31. The van der Waals surface area contributed by atoms with Crippen molar-refractivity contribution < 1.29 is 13.9 Å². The van der Waals surface area contributed by atoms with E-state index in [-0.39, 0.29) is 24.9 Å². The van der Waals surface area contributed by atoms with Gasteiger partial charge in [-0.3, -0.25) is 4.79 Å². The van der Waals surface area contributed by atoms with Crippen molar-refractivity contribution in [3.05, 3.63) is 63.0 Å². The van der Waals surface area contributed by atoms with Crippen LogP contribution in [0.25, 0.3) is 0 Å². The fraction of sp³-hybridized carbons (Fsp3) is 0.188. The smallest absolute Gasteiger partial charge is 0.258 e. The van der Waals surface area contributed by atoms with Gasteiger partial charge in [0.25, 0.3) is 5.91 Å². The van der Waals surface area contributed by atoms with Crippen LogP contribution in [0.1, 0.15) is 11.1 Å². The lowest BCUT2D eigenvalue weighted by molar-refractivity contribution is -0.123. The maximum atomic E-state index is 13.4. The molecule has 1 amide bonds. The first-order valence-electron chi connectivity index (χ1n) is 6.44. The molecule has 0 aromatic heterocycles. The predicted octanol–water partition coefficient (Wildman–Crippen LogP) is 3.43. The lowest BCUT2D eigenvalue weighted by Crippen LogP contribution is -2.28. The fourth-order valence-corrected chi connectivity index (χ4v) is 2.04. The first kappa shape index (κ1) is 15.8. The number of halogens is 2. The van der Waals surface area contributed by atoms with Gasteiger partial charge in [-0.15, -0.1) is 0 Å². The van der Waals surface area contributed by atoms with Crippen molar-refractivity contribution in [2.45, 2.75) is 13.5 Å². The van der Waals surface area contributed by atoms with Gasteiger partial charge in [0.1, 0.15) is 11.6 Å². The molecule has 110 valence electrons. The zero-order chi connectivity index (χ0) is 15.2. The highest BCUT2D eigenvalue weighted by Crippen LogP contribution is 2.13. The van der Waals surface area contributed by atoms with E-state index in [2.05, 4.69) is 27.9 Å². The molecule has 0 aliphatic rings. The van der Waals surface area contributed by atoms with Gasteiger partial charge in [0.15, 0.2) is 6.61 Å². The Morgan fingerprint density at radius 1 is 1.24 bits per heavy atom. The van der Waals surface area contributed by atoms with Crippen LogP contribution >= 0.6 is 22.6 Å². The molecule has 0 saturated heterocycles. The van der Waals surface area contributed by atoms with Crippen LogP contribution in [0, 0.1) is 16.3 Å². The Kier molecular flexibility index (Phi) is 5.55. The highest BCUT2D eigenvalue weighted by Gasteiger charge is 2.04. The van der Waals surface area contributed by atoms with Gasteiger partial charge in [-0.2, -0.15) is 0 Å². The van der Waals surface area contributed by atoms with E-state index in [9.17, 15) is 9.18 Å². The summed E-state index contributed by atoms with van der Waals surface area (Å²) in [6.07, 6.45) is 0. The van der Waals surface area contributed by atoms with E-state index in [1.54, 1.807) is 19.1 Å². The lowest BCUT2D eigenvalue weighted by atomic mass is 10.1. The zero-order valence-corrected chi connectivity index (χ0v) is 13.7. The Labute approximate surface area is 136 Å². The summed E-state index contributed by atoms with van der Waals surface area (Å²) in [4.78, 5) is 11.7. The molecule has 3 nitrogen and oxygen atoms in total. The second-order valence-electron chi connectivity index (χ2n) is 4.60. The van der Waals surface area contributed by atoms with Crippen molar-refractivity contribution >= 4 is 28.5 Å². The molecule has 0 bridgehead atoms. The third-order valence-electron chi connectivity index (χ3n) is 2.91. The Morgan fingerprint density at radius 2 is 1.95 bits per heavy atom. The van der Waals surface area contributed by atoms with E-state index in [0.29, 0.717) is 11.3 Å². The average Bonchev–Trinajstić information content (AvgIpc) is 2.48. The van der Waals surface area contributed by atoms with Gasteiger partial charge in [-0.1, -0.05) is 12.1 Å². The Balaban J connectivity index is 1.79. The molecule has 0 radical (unpaired) electrons. The summed E-state index contributed by atoms with van der Waals surface area (Å²) in [5.74, 6) is 0.137. The number of rotatable bonds is 5. The summed E-state index contributed by atoms with van der Waals surface area (Å²) >= 11 is 2.20. The second kappa shape index (κ2) is 7.40. The maximum absolute atomic E-state index is 13.4. The summed E-state index contributed by atoms with van der Waals surface area (Å²) in [6.45, 7) is 1.92. The number of hydrogen-bond acceptors (Lipinski definition) is 2. The van der Waals surface area contributed by atoms with Gasteiger partial charge < -0.3 is 10.1 Å². The molecule has 0 aliphatic carbocycles. The van der Waals surface area contributed by atoms with Gasteiger partial charge in [0.2, 0.25) is 0 Å². The van der Waals surface area contributed by atoms with Crippen LogP contribution in [-0.4, -0.2) is 12.5 Å². The second-order valence-corrected chi connectivity index (χ2v) is 5.85. The highest BCUT2D eigenvalue weighted by atomic mass is 127. The Hall–Kier alpha value is -1.63. The summed E-state index contributed by atoms with van der Waals surface area (Å²) in [7, 11) is 0. The maximum Gasteiger partial charge on any atom is 0.258 e. The van der Waals surface area contributed by atoms with E-state index in [1.807, 2.05) is 24.3 Å². The van der Waals surface area contributed by atoms with E-state index in [4.69, 9.17) is 4.74 Å². The van der Waals surface area contributed by atoms with Crippen LogP contribution in [-0.2, 0) is 11.3 Å². The normalized spacial score (nSPS) is 10.2. The number of aryl methyl sites for hydroxylation is 1. The van der Waals surface area contributed by atoms with Crippen molar-refractivity contribution in [2.24, 2.45) is 0 Å². The third-order valence-corrected chi connectivity index (χ3v) is 3.63. The topological polar surface area (TPSA) is 38.3 Å².